The van der Waals surface area contributed by atoms with E-state index < -0.39 is 23.7 Å². The van der Waals surface area contributed by atoms with Gasteiger partial charge in [0.25, 0.3) is 11.1 Å². The standard InChI is InChI=1S/C21H27NO6S/c1-6-13(3)27-16-9-8-15(10-17(16)26-5)11-18-20(24)22(21(25)29-18)12-19(23)28-14(4)7-2/h8-11,13-14H,6-7,12H2,1-5H3/b18-11-/t13-,14+/m1/s1. The van der Waals surface area contributed by atoms with Crippen molar-refractivity contribution >= 4 is 35.0 Å². The Kier molecular flexibility index (Phi) is 8.13. The van der Waals surface area contributed by atoms with Gasteiger partial charge in [0.1, 0.15) is 6.54 Å². The molecule has 158 valence electrons. The van der Waals surface area contributed by atoms with Gasteiger partial charge >= 0.3 is 5.97 Å². The van der Waals surface area contributed by atoms with Crippen LogP contribution in [0.15, 0.2) is 23.1 Å². The number of hydrogen-bond donors (Lipinski definition) is 0. The largest absolute Gasteiger partial charge is 0.493 e. The van der Waals surface area contributed by atoms with Crippen LogP contribution in [-0.4, -0.2) is 47.9 Å². The zero-order chi connectivity index (χ0) is 21.6. The third kappa shape index (κ3) is 6.00. The van der Waals surface area contributed by atoms with Crippen molar-refractivity contribution in [2.24, 2.45) is 0 Å². The van der Waals surface area contributed by atoms with E-state index in [1.54, 1.807) is 38.3 Å². The van der Waals surface area contributed by atoms with E-state index in [-0.39, 0.29) is 17.1 Å². The first-order valence-corrected chi connectivity index (χ1v) is 10.4. The molecule has 2 rings (SSSR count). The number of hydrogen-bond acceptors (Lipinski definition) is 7. The predicted molar refractivity (Wildman–Crippen MR) is 112 cm³/mol. The van der Waals surface area contributed by atoms with Crippen LogP contribution in [0.25, 0.3) is 6.08 Å². The Morgan fingerprint density at radius 3 is 2.45 bits per heavy atom. The van der Waals surface area contributed by atoms with E-state index in [0.717, 1.165) is 23.1 Å². The number of ether oxygens (including phenoxy) is 3. The maximum absolute atomic E-state index is 12.6. The average molecular weight is 422 g/mol. The maximum atomic E-state index is 12.6. The van der Waals surface area contributed by atoms with Gasteiger partial charge in [-0.15, -0.1) is 0 Å². The number of rotatable bonds is 9. The number of carbonyl (C=O) groups is 3. The van der Waals surface area contributed by atoms with Gasteiger partial charge in [0.05, 0.1) is 24.2 Å². The van der Waals surface area contributed by atoms with E-state index in [1.165, 1.54) is 0 Å². The van der Waals surface area contributed by atoms with Crippen molar-refractivity contribution in [2.75, 3.05) is 13.7 Å². The number of thioether (sulfide) groups is 1. The van der Waals surface area contributed by atoms with Gasteiger partial charge in [0, 0.05) is 0 Å². The molecule has 0 spiro atoms. The van der Waals surface area contributed by atoms with Gasteiger partial charge in [-0.05, 0) is 62.2 Å². The van der Waals surface area contributed by atoms with Crippen LogP contribution in [0.3, 0.4) is 0 Å². The zero-order valence-corrected chi connectivity index (χ0v) is 18.2. The van der Waals surface area contributed by atoms with Crippen LogP contribution in [-0.2, 0) is 14.3 Å². The minimum Gasteiger partial charge on any atom is -0.493 e. The highest BCUT2D eigenvalue weighted by atomic mass is 32.2. The summed E-state index contributed by atoms with van der Waals surface area (Å²) in [5.74, 6) is 0.0337. The SMILES string of the molecule is CC[C@@H](C)Oc1ccc(/C=C2\SC(=O)N(CC(=O)O[C@@H](C)CC)C2=O)cc1OC. The Labute approximate surface area is 175 Å². The fraction of sp³-hybridized carbons (Fsp3) is 0.476. The van der Waals surface area contributed by atoms with Gasteiger partial charge in [-0.1, -0.05) is 19.9 Å². The minimum absolute atomic E-state index is 0.0430. The van der Waals surface area contributed by atoms with Gasteiger partial charge in [0.2, 0.25) is 0 Å². The molecule has 0 saturated carbocycles. The highest BCUT2D eigenvalue weighted by Crippen LogP contribution is 2.35. The van der Waals surface area contributed by atoms with E-state index in [9.17, 15) is 14.4 Å². The molecule has 0 radical (unpaired) electrons. The number of benzene rings is 1. The van der Waals surface area contributed by atoms with Gasteiger partial charge in [-0.2, -0.15) is 0 Å². The van der Waals surface area contributed by atoms with Crippen LogP contribution in [0.5, 0.6) is 11.5 Å². The van der Waals surface area contributed by atoms with Crippen molar-refractivity contribution in [3.8, 4) is 11.5 Å². The molecular weight excluding hydrogens is 394 g/mol. The molecule has 29 heavy (non-hydrogen) atoms. The molecule has 1 saturated heterocycles. The first-order chi connectivity index (χ1) is 13.8. The zero-order valence-electron chi connectivity index (χ0n) is 17.4. The second-order valence-corrected chi connectivity index (χ2v) is 7.72. The summed E-state index contributed by atoms with van der Waals surface area (Å²) in [6.07, 6.45) is 2.90. The summed E-state index contributed by atoms with van der Waals surface area (Å²) < 4.78 is 16.4. The summed E-state index contributed by atoms with van der Waals surface area (Å²) >= 11 is 0.794. The summed E-state index contributed by atoms with van der Waals surface area (Å²) in [6.45, 7) is 7.25. The lowest BCUT2D eigenvalue weighted by Gasteiger charge is -2.16. The van der Waals surface area contributed by atoms with Crippen molar-refractivity contribution < 1.29 is 28.6 Å². The summed E-state index contributed by atoms with van der Waals surface area (Å²) in [4.78, 5) is 37.8. The Hall–Kier alpha value is -2.48. The lowest BCUT2D eigenvalue weighted by molar-refractivity contribution is -0.150. The quantitative estimate of drug-likeness (QED) is 0.435. The van der Waals surface area contributed by atoms with Crippen molar-refractivity contribution in [1.29, 1.82) is 0 Å². The molecule has 2 amide bonds. The number of amides is 2. The Bertz CT molecular complexity index is 806. The smallest absolute Gasteiger partial charge is 0.326 e. The van der Waals surface area contributed by atoms with E-state index in [2.05, 4.69) is 0 Å². The molecule has 1 aromatic rings. The van der Waals surface area contributed by atoms with Crippen LogP contribution in [0.4, 0.5) is 4.79 Å². The second-order valence-electron chi connectivity index (χ2n) is 6.72. The lowest BCUT2D eigenvalue weighted by Crippen LogP contribution is -2.35. The molecule has 0 unspecified atom stereocenters. The summed E-state index contributed by atoms with van der Waals surface area (Å²) in [7, 11) is 1.54. The van der Waals surface area contributed by atoms with Gasteiger partial charge < -0.3 is 14.2 Å². The first-order valence-electron chi connectivity index (χ1n) is 9.58. The molecule has 1 heterocycles. The molecule has 0 bridgehead atoms. The maximum Gasteiger partial charge on any atom is 0.326 e. The molecule has 1 fully saturated rings. The molecule has 0 aliphatic carbocycles. The average Bonchev–Trinajstić information content (AvgIpc) is 2.95. The van der Waals surface area contributed by atoms with Gasteiger partial charge in [0.15, 0.2) is 11.5 Å². The molecule has 2 atom stereocenters. The van der Waals surface area contributed by atoms with Crippen molar-refractivity contribution in [3.63, 3.8) is 0 Å². The molecule has 7 nitrogen and oxygen atoms in total. The predicted octanol–water partition coefficient (Wildman–Crippen LogP) is 4.25. The molecule has 8 heteroatoms. The fourth-order valence-electron chi connectivity index (χ4n) is 2.43. The van der Waals surface area contributed by atoms with E-state index in [4.69, 9.17) is 14.2 Å². The van der Waals surface area contributed by atoms with Crippen LogP contribution in [0.2, 0.25) is 0 Å². The van der Waals surface area contributed by atoms with E-state index in [0.29, 0.717) is 23.5 Å². The monoisotopic (exact) mass is 421 g/mol. The summed E-state index contributed by atoms with van der Waals surface area (Å²) in [5, 5.41) is -0.494. The third-order valence-electron chi connectivity index (χ3n) is 4.46. The fourth-order valence-corrected chi connectivity index (χ4v) is 3.27. The van der Waals surface area contributed by atoms with Gasteiger partial charge in [-0.25, -0.2) is 0 Å². The Balaban J connectivity index is 2.15. The van der Waals surface area contributed by atoms with Crippen molar-refractivity contribution in [2.45, 2.75) is 52.7 Å². The first kappa shape index (κ1) is 22.8. The number of carbonyl (C=O) groups excluding carboxylic acids is 3. The second kappa shape index (κ2) is 10.3. The van der Waals surface area contributed by atoms with Crippen molar-refractivity contribution in [3.05, 3.63) is 28.7 Å². The summed E-state index contributed by atoms with van der Waals surface area (Å²) in [5.41, 5.74) is 0.686. The summed E-state index contributed by atoms with van der Waals surface area (Å²) in [6, 6.07) is 5.29. The minimum atomic E-state index is -0.601. The molecule has 1 aliphatic heterocycles. The number of imide groups is 1. The van der Waals surface area contributed by atoms with Crippen LogP contribution in [0, 0.1) is 0 Å². The van der Waals surface area contributed by atoms with Crippen LogP contribution < -0.4 is 9.47 Å². The Morgan fingerprint density at radius 1 is 1.14 bits per heavy atom. The highest BCUT2D eigenvalue weighted by Gasteiger charge is 2.36. The molecule has 1 aliphatic rings. The molecule has 1 aromatic carbocycles. The normalized spacial score (nSPS) is 17.4. The number of esters is 1. The molecule has 0 N–H and O–H groups in total. The van der Waals surface area contributed by atoms with E-state index >= 15 is 0 Å². The number of methoxy groups -OCH3 is 1. The van der Waals surface area contributed by atoms with Crippen LogP contribution >= 0.6 is 11.8 Å². The molecule has 0 aromatic heterocycles. The Morgan fingerprint density at radius 2 is 1.83 bits per heavy atom. The molecular formula is C21H27NO6S. The third-order valence-corrected chi connectivity index (χ3v) is 5.36. The lowest BCUT2D eigenvalue weighted by atomic mass is 10.1. The van der Waals surface area contributed by atoms with E-state index in [1.807, 2.05) is 20.8 Å². The van der Waals surface area contributed by atoms with Crippen molar-refractivity contribution in [1.82, 2.24) is 4.90 Å². The van der Waals surface area contributed by atoms with Gasteiger partial charge in [-0.3, -0.25) is 19.3 Å². The highest BCUT2D eigenvalue weighted by molar-refractivity contribution is 8.18. The van der Waals surface area contributed by atoms with Crippen LogP contribution in [0.1, 0.15) is 46.1 Å². The number of nitrogens with zero attached hydrogens (tertiary/aromatic N) is 1. The topological polar surface area (TPSA) is 82.1 Å².